The van der Waals surface area contributed by atoms with Crippen LogP contribution in [-0.4, -0.2) is 13.2 Å². The Kier molecular flexibility index (Phi) is 2.56. The lowest BCUT2D eigenvalue weighted by molar-refractivity contribution is 0.296. The molecule has 92 valence electrons. The van der Waals surface area contributed by atoms with Gasteiger partial charge in [0.15, 0.2) is 11.5 Å². The average Bonchev–Trinajstić information content (AvgIpc) is 3.07. The molecule has 3 nitrogen and oxygen atoms in total. The summed E-state index contributed by atoms with van der Waals surface area (Å²) in [4.78, 5) is 0. The number of hydrogen-bond donors (Lipinski definition) is 1. The van der Waals surface area contributed by atoms with E-state index in [4.69, 9.17) is 15.2 Å². The summed E-state index contributed by atoms with van der Waals surface area (Å²) in [5.41, 5.74) is 6.06. The van der Waals surface area contributed by atoms with Crippen LogP contribution in [0.3, 0.4) is 0 Å². The van der Waals surface area contributed by atoms with Crippen LogP contribution in [0.4, 0.5) is 4.39 Å². The van der Waals surface area contributed by atoms with Crippen LogP contribution in [-0.2, 0) is 5.54 Å². The number of hydrogen-bond acceptors (Lipinski definition) is 3. The number of nitrogens with two attached hydrogens (primary N) is 1. The van der Waals surface area contributed by atoms with E-state index in [0.717, 1.165) is 19.3 Å². The third kappa shape index (κ3) is 1.81. The van der Waals surface area contributed by atoms with Crippen molar-refractivity contribution in [1.29, 1.82) is 0 Å². The maximum Gasteiger partial charge on any atom is 0.178 e. The lowest BCUT2D eigenvalue weighted by Crippen LogP contribution is -2.21. The summed E-state index contributed by atoms with van der Waals surface area (Å²) in [6.07, 6.45) is 2.43. The first-order chi connectivity index (χ1) is 8.12. The molecule has 0 bridgehead atoms. The molecule has 1 fully saturated rings. The monoisotopic (exact) mass is 301 g/mol. The summed E-state index contributed by atoms with van der Waals surface area (Å²) in [6.45, 7) is 1.13. The molecule has 0 saturated heterocycles. The van der Waals surface area contributed by atoms with E-state index in [9.17, 15) is 4.39 Å². The van der Waals surface area contributed by atoms with E-state index in [-0.39, 0.29) is 5.82 Å². The van der Waals surface area contributed by atoms with Crippen LogP contribution < -0.4 is 15.2 Å². The predicted octanol–water partition coefficient (Wildman–Crippen LogP) is 2.70. The molecule has 1 aliphatic heterocycles. The van der Waals surface area contributed by atoms with Crippen molar-refractivity contribution in [3.63, 3.8) is 0 Å². The van der Waals surface area contributed by atoms with Gasteiger partial charge in [-0.05, 0) is 34.8 Å². The standard InChI is InChI=1S/C12H13BrFNO2/c13-9-10(14)7(12(15)2-3-12)6-8-11(9)17-5-1-4-16-8/h6H,1-5,15H2. The van der Waals surface area contributed by atoms with Gasteiger partial charge in [0.1, 0.15) is 5.82 Å². The van der Waals surface area contributed by atoms with Crippen molar-refractivity contribution >= 4 is 15.9 Å². The first-order valence-corrected chi connectivity index (χ1v) is 6.48. The van der Waals surface area contributed by atoms with Crippen LogP contribution in [0.5, 0.6) is 11.5 Å². The highest BCUT2D eigenvalue weighted by Gasteiger charge is 2.43. The molecule has 0 atom stereocenters. The van der Waals surface area contributed by atoms with Crippen LogP contribution in [0.25, 0.3) is 0 Å². The van der Waals surface area contributed by atoms with Gasteiger partial charge in [0, 0.05) is 17.5 Å². The van der Waals surface area contributed by atoms with Crippen LogP contribution in [0.15, 0.2) is 10.5 Å². The molecule has 0 radical (unpaired) electrons. The van der Waals surface area contributed by atoms with Crippen molar-refractivity contribution in [1.82, 2.24) is 0 Å². The maximum atomic E-state index is 14.2. The molecule has 0 amide bonds. The van der Waals surface area contributed by atoms with Gasteiger partial charge in [-0.25, -0.2) is 4.39 Å². The van der Waals surface area contributed by atoms with Gasteiger partial charge in [0.25, 0.3) is 0 Å². The lowest BCUT2D eigenvalue weighted by Gasteiger charge is -2.16. The Morgan fingerprint density at radius 1 is 1.29 bits per heavy atom. The van der Waals surface area contributed by atoms with Crippen molar-refractivity contribution in [2.45, 2.75) is 24.8 Å². The summed E-state index contributed by atoms with van der Waals surface area (Å²) in [5.74, 6) is 0.713. The highest BCUT2D eigenvalue weighted by atomic mass is 79.9. The Bertz CT molecular complexity index is 474. The Balaban J connectivity index is 2.14. The Labute approximate surface area is 107 Å². The quantitative estimate of drug-likeness (QED) is 0.867. The van der Waals surface area contributed by atoms with Gasteiger partial charge >= 0.3 is 0 Å². The average molecular weight is 302 g/mol. The largest absolute Gasteiger partial charge is 0.490 e. The molecule has 1 aromatic rings. The third-order valence-corrected chi connectivity index (χ3v) is 3.95. The number of fused-ring (bicyclic) bond motifs is 1. The fraction of sp³-hybridized carbons (Fsp3) is 0.500. The molecule has 1 aliphatic carbocycles. The van der Waals surface area contributed by atoms with Gasteiger partial charge in [0.2, 0.25) is 0 Å². The van der Waals surface area contributed by atoms with Gasteiger partial charge in [-0.15, -0.1) is 0 Å². The number of halogens is 2. The van der Waals surface area contributed by atoms with Crippen molar-refractivity contribution in [2.24, 2.45) is 5.73 Å². The lowest BCUT2D eigenvalue weighted by atomic mass is 10.0. The third-order valence-electron chi connectivity index (χ3n) is 3.25. The van der Waals surface area contributed by atoms with Crippen molar-refractivity contribution in [3.8, 4) is 11.5 Å². The van der Waals surface area contributed by atoms with E-state index in [1.54, 1.807) is 6.07 Å². The molecule has 3 rings (SSSR count). The van der Waals surface area contributed by atoms with Gasteiger partial charge < -0.3 is 15.2 Å². The minimum absolute atomic E-state index is 0.323. The maximum absolute atomic E-state index is 14.2. The zero-order valence-corrected chi connectivity index (χ0v) is 10.8. The normalized spacial score (nSPS) is 20.9. The van der Waals surface area contributed by atoms with E-state index in [1.165, 1.54) is 0 Å². The second-order valence-electron chi connectivity index (χ2n) is 4.59. The van der Waals surface area contributed by atoms with Crippen molar-refractivity contribution in [2.75, 3.05) is 13.2 Å². The smallest absolute Gasteiger partial charge is 0.178 e. The molecule has 1 aromatic carbocycles. The summed E-state index contributed by atoms with van der Waals surface area (Å²) in [5, 5.41) is 0. The summed E-state index contributed by atoms with van der Waals surface area (Å²) < 4.78 is 25.6. The minimum atomic E-state index is -0.517. The molecular weight excluding hydrogens is 289 g/mol. The Hall–Kier alpha value is -0.810. The van der Waals surface area contributed by atoms with E-state index in [0.29, 0.717) is 34.7 Å². The fourth-order valence-corrected chi connectivity index (χ4v) is 2.53. The zero-order valence-electron chi connectivity index (χ0n) is 9.26. The van der Waals surface area contributed by atoms with Crippen molar-refractivity contribution in [3.05, 3.63) is 21.9 Å². The topological polar surface area (TPSA) is 44.5 Å². The first-order valence-electron chi connectivity index (χ1n) is 5.69. The van der Waals surface area contributed by atoms with Gasteiger partial charge in [-0.2, -0.15) is 0 Å². The first kappa shape index (κ1) is 11.3. The Morgan fingerprint density at radius 3 is 2.71 bits per heavy atom. The highest BCUT2D eigenvalue weighted by molar-refractivity contribution is 9.10. The van der Waals surface area contributed by atoms with Gasteiger partial charge in [-0.3, -0.25) is 0 Å². The van der Waals surface area contributed by atoms with Crippen LogP contribution in [0, 0.1) is 5.82 Å². The van der Waals surface area contributed by atoms with Crippen molar-refractivity contribution < 1.29 is 13.9 Å². The molecule has 1 heterocycles. The molecule has 5 heteroatoms. The highest BCUT2D eigenvalue weighted by Crippen LogP contribution is 2.49. The summed E-state index contributed by atoms with van der Waals surface area (Å²) >= 11 is 3.24. The van der Waals surface area contributed by atoms with Crippen LogP contribution in [0.1, 0.15) is 24.8 Å². The Morgan fingerprint density at radius 2 is 2.00 bits per heavy atom. The molecule has 0 unspecified atom stereocenters. The molecule has 2 aliphatic rings. The van der Waals surface area contributed by atoms with E-state index in [1.807, 2.05) is 0 Å². The zero-order chi connectivity index (χ0) is 12.0. The minimum Gasteiger partial charge on any atom is -0.490 e. The summed E-state index contributed by atoms with van der Waals surface area (Å²) in [7, 11) is 0. The number of benzene rings is 1. The fourth-order valence-electron chi connectivity index (χ4n) is 2.01. The number of ether oxygens (including phenoxy) is 2. The van der Waals surface area contributed by atoms with E-state index < -0.39 is 5.54 Å². The van der Waals surface area contributed by atoms with Crippen LogP contribution in [0.2, 0.25) is 0 Å². The van der Waals surface area contributed by atoms with E-state index in [2.05, 4.69) is 15.9 Å². The second-order valence-corrected chi connectivity index (χ2v) is 5.38. The molecule has 17 heavy (non-hydrogen) atoms. The molecule has 0 aromatic heterocycles. The summed E-state index contributed by atoms with van der Waals surface area (Å²) in [6, 6.07) is 1.69. The molecule has 1 saturated carbocycles. The second kappa shape index (κ2) is 3.85. The number of rotatable bonds is 1. The molecule has 0 spiro atoms. The predicted molar refractivity (Wildman–Crippen MR) is 64.8 cm³/mol. The van der Waals surface area contributed by atoms with E-state index >= 15 is 0 Å². The van der Waals surface area contributed by atoms with Crippen LogP contribution >= 0.6 is 15.9 Å². The van der Waals surface area contributed by atoms with Gasteiger partial charge in [-0.1, -0.05) is 0 Å². The SMILES string of the molecule is NC1(c2cc3c(c(Br)c2F)OCCCO3)CC1. The van der Waals surface area contributed by atoms with Gasteiger partial charge in [0.05, 0.1) is 17.7 Å². The molecule has 2 N–H and O–H groups in total. The molecular formula is C12H13BrFNO2.